The zero-order chi connectivity index (χ0) is 21.0. The smallest absolute Gasteiger partial charge is 0.336 e. The molecule has 0 bridgehead atoms. The summed E-state index contributed by atoms with van der Waals surface area (Å²) < 4.78 is 1.87. The third kappa shape index (κ3) is 4.90. The second-order valence-electron chi connectivity index (χ2n) is 6.11. The largest absolute Gasteiger partial charge is 0.478 e. The Kier molecular flexibility index (Phi) is 6.45. The van der Waals surface area contributed by atoms with Gasteiger partial charge < -0.3 is 10.4 Å². The van der Waals surface area contributed by atoms with E-state index < -0.39 is 28.1 Å². The van der Waals surface area contributed by atoms with Crippen LogP contribution in [0.4, 0.5) is 11.4 Å². The van der Waals surface area contributed by atoms with E-state index in [1.54, 1.807) is 30.0 Å². The molecule has 150 valence electrons. The number of benzene rings is 2. The maximum Gasteiger partial charge on any atom is 0.336 e. The zero-order valence-corrected chi connectivity index (χ0v) is 17.0. The van der Waals surface area contributed by atoms with E-state index in [4.69, 9.17) is 0 Å². The highest BCUT2D eigenvalue weighted by Crippen LogP contribution is 2.32. The molecule has 0 spiro atoms. The number of rotatable bonds is 8. The number of amides is 1. The molecule has 10 heteroatoms. The number of aromatic carboxylic acids is 1. The van der Waals surface area contributed by atoms with Crippen molar-refractivity contribution in [3.63, 3.8) is 0 Å². The Balaban J connectivity index is 1.82. The first-order chi connectivity index (χ1) is 13.9. The Morgan fingerprint density at radius 1 is 1.24 bits per heavy atom. The Morgan fingerprint density at radius 3 is 2.72 bits per heavy atom. The third-order valence-electron chi connectivity index (χ3n) is 4.04. The van der Waals surface area contributed by atoms with Gasteiger partial charge in [0.1, 0.15) is 0 Å². The lowest BCUT2D eigenvalue weighted by atomic mass is 10.1. The van der Waals surface area contributed by atoms with E-state index in [2.05, 4.69) is 17.2 Å². The summed E-state index contributed by atoms with van der Waals surface area (Å²) in [6, 6.07) is 8.38. The number of thiazole rings is 1. The Labute approximate surface area is 174 Å². The minimum Gasteiger partial charge on any atom is -0.478 e. The highest BCUT2D eigenvalue weighted by molar-refractivity contribution is 8.01. The molecule has 0 unspecified atom stereocenters. The molecule has 0 atom stereocenters. The second-order valence-corrected chi connectivity index (χ2v) is 8.48. The highest BCUT2D eigenvalue weighted by Gasteiger charge is 2.21. The van der Waals surface area contributed by atoms with Gasteiger partial charge in [0.15, 0.2) is 4.34 Å². The van der Waals surface area contributed by atoms with Gasteiger partial charge >= 0.3 is 5.97 Å². The molecule has 3 rings (SSSR count). The quantitative estimate of drug-likeness (QED) is 0.221. The number of carboxylic acid groups (broad SMARTS) is 1. The number of hydrogen-bond acceptors (Lipinski definition) is 7. The number of carbonyl (C=O) groups is 2. The summed E-state index contributed by atoms with van der Waals surface area (Å²) in [6.07, 6.45) is 2.23. The molecule has 29 heavy (non-hydrogen) atoms. The molecular formula is C19H17N3O5S2. The van der Waals surface area contributed by atoms with Crippen molar-refractivity contribution in [2.75, 3.05) is 11.1 Å². The molecule has 1 aromatic heterocycles. The fraction of sp³-hybridized carbons (Fsp3) is 0.211. The standard InChI is InChI=1S/C19H17N3O5S2/c1-2-3-8-28-19-21-15-7-4-11(9-16(15)29-19)20-17(23)13-6-5-12(22(26)27)10-14(13)18(24)25/h4-7,9-10H,2-3,8H2,1H3,(H,20,23)(H,24,25). The van der Waals surface area contributed by atoms with Crippen molar-refractivity contribution in [1.29, 1.82) is 0 Å². The van der Waals surface area contributed by atoms with E-state index in [0.29, 0.717) is 5.69 Å². The molecule has 1 amide bonds. The number of anilines is 1. The van der Waals surface area contributed by atoms with Crippen molar-refractivity contribution in [3.05, 3.63) is 57.6 Å². The molecule has 2 N–H and O–H groups in total. The van der Waals surface area contributed by atoms with Crippen LogP contribution in [0.1, 0.15) is 40.5 Å². The van der Waals surface area contributed by atoms with Crippen LogP contribution in [0.2, 0.25) is 0 Å². The molecule has 0 saturated carbocycles. The number of fused-ring (bicyclic) bond motifs is 1. The Bertz CT molecular complexity index is 1100. The Morgan fingerprint density at radius 2 is 2.03 bits per heavy atom. The molecule has 3 aromatic rings. The lowest BCUT2D eigenvalue weighted by Gasteiger charge is -2.08. The van der Waals surface area contributed by atoms with Crippen LogP contribution in [-0.2, 0) is 0 Å². The van der Waals surface area contributed by atoms with E-state index >= 15 is 0 Å². The minimum absolute atomic E-state index is 0.150. The number of nitro benzene ring substituents is 1. The summed E-state index contributed by atoms with van der Waals surface area (Å²) in [7, 11) is 0. The number of nitrogens with one attached hydrogen (secondary N) is 1. The van der Waals surface area contributed by atoms with Crippen LogP contribution in [0.15, 0.2) is 40.7 Å². The number of non-ortho nitro benzene ring substituents is 1. The number of nitro groups is 1. The summed E-state index contributed by atoms with van der Waals surface area (Å²) >= 11 is 3.23. The van der Waals surface area contributed by atoms with E-state index in [1.807, 2.05) is 0 Å². The van der Waals surface area contributed by atoms with Gasteiger partial charge in [0, 0.05) is 23.6 Å². The normalized spacial score (nSPS) is 10.8. The molecule has 0 radical (unpaired) electrons. The van der Waals surface area contributed by atoms with Gasteiger partial charge in [-0.15, -0.1) is 11.3 Å². The number of aromatic nitrogens is 1. The lowest BCUT2D eigenvalue weighted by Crippen LogP contribution is -2.16. The number of nitrogens with zero attached hydrogens (tertiary/aromatic N) is 2. The maximum atomic E-state index is 12.6. The van der Waals surface area contributed by atoms with Gasteiger partial charge in [-0.1, -0.05) is 25.1 Å². The van der Waals surface area contributed by atoms with E-state index in [1.165, 1.54) is 11.3 Å². The van der Waals surface area contributed by atoms with Crippen molar-refractivity contribution >= 4 is 56.6 Å². The van der Waals surface area contributed by atoms with Crippen LogP contribution >= 0.6 is 23.1 Å². The van der Waals surface area contributed by atoms with Gasteiger partial charge in [0.2, 0.25) is 0 Å². The number of carboxylic acids is 1. The van der Waals surface area contributed by atoms with Gasteiger partial charge in [-0.2, -0.15) is 0 Å². The molecule has 0 saturated heterocycles. The lowest BCUT2D eigenvalue weighted by molar-refractivity contribution is -0.384. The van der Waals surface area contributed by atoms with E-state index in [9.17, 15) is 24.8 Å². The molecule has 0 aliphatic rings. The monoisotopic (exact) mass is 431 g/mol. The maximum absolute atomic E-state index is 12.6. The molecular weight excluding hydrogens is 414 g/mol. The highest BCUT2D eigenvalue weighted by atomic mass is 32.2. The van der Waals surface area contributed by atoms with Gasteiger partial charge in [-0.3, -0.25) is 14.9 Å². The van der Waals surface area contributed by atoms with E-state index in [-0.39, 0.29) is 5.56 Å². The first-order valence-electron chi connectivity index (χ1n) is 8.75. The molecule has 8 nitrogen and oxygen atoms in total. The van der Waals surface area contributed by atoms with E-state index in [0.717, 1.165) is 51.3 Å². The number of unbranched alkanes of at least 4 members (excludes halogenated alkanes) is 1. The van der Waals surface area contributed by atoms with Gasteiger partial charge in [-0.05, 0) is 30.7 Å². The van der Waals surface area contributed by atoms with Crippen LogP contribution in [-0.4, -0.2) is 32.6 Å². The first kappa shape index (κ1) is 20.7. The number of thioether (sulfide) groups is 1. The molecule has 0 aliphatic carbocycles. The van der Waals surface area contributed by atoms with Crippen LogP contribution in [0.25, 0.3) is 10.2 Å². The summed E-state index contributed by atoms with van der Waals surface area (Å²) in [5.74, 6) is -1.07. The van der Waals surface area contributed by atoms with Crippen LogP contribution in [0.3, 0.4) is 0 Å². The second kappa shape index (κ2) is 9.01. The Hall–Kier alpha value is -2.98. The van der Waals surface area contributed by atoms with Crippen molar-refractivity contribution in [1.82, 2.24) is 4.98 Å². The number of carbonyl (C=O) groups excluding carboxylic acids is 1. The SMILES string of the molecule is CCCCSc1nc2ccc(NC(=O)c3ccc([N+](=O)[O-])cc3C(=O)O)cc2s1. The predicted molar refractivity (Wildman–Crippen MR) is 113 cm³/mol. The van der Waals surface area contributed by atoms with Crippen LogP contribution < -0.4 is 5.32 Å². The van der Waals surface area contributed by atoms with Crippen molar-refractivity contribution < 1.29 is 19.6 Å². The summed E-state index contributed by atoms with van der Waals surface area (Å²) in [6.45, 7) is 2.13. The van der Waals surface area contributed by atoms with Crippen molar-refractivity contribution in [3.8, 4) is 0 Å². The minimum atomic E-state index is -1.41. The van der Waals surface area contributed by atoms with Gasteiger partial charge in [-0.25, -0.2) is 9.78 Å². The average Bonchev–Trinajstić information content (AvgIpc) is 3.09. The van der Waals surface area contributed by atoms with Crippen molar-refractivity contribution in [2.45, 2.75) is 24.1 Å². The van der Waals surface area contributed by atoms with Crippen molar-refractivity contribution in [2.24, 2.45) is 0 Å². The predicted octanol–water partition coefficient (Wildman–Crippen LogP) is 5.05. The zero-order valence-electron chi connectivity index (χ0n) is 15.4. The van der Waals surface area contributed by atoms with Crippen LogP contribution in [0.5, 0.6) is 0 Å². The topological polar surface area (TPSA) is 122 Å². The molecule has 2 aromatic carbocycles. The summed E-state index contributed by atoms with van der Waals surface area (Å²) in [5, 5.41) is 22.8. The molecule has 0 aliphatic heterocycles. The van der Waals surface area contributed by atoms with Gasteiger partial charge in [0.05, 0.1) is 26.3 Å². The molecule has 1 heterocycles. The third-order valence-corrected chi connectivity index (χ3v) is 6.29. The fourth-order valence-electron chi connectivity index (χ4n) is 2.57. The molecule has 0 fully saturated rings. The summed E-state index contributed by atoms with van der Waals surface area (Å²) in [4.78, 5) is 38.7. The summed E-state index contributed by atoms with van der Waals surface area (Å²) in [5.41, 5.74) is 0.353. The van der Waals surface area contributed by atoms with Gasteiger partial charge in [0.25, 0.3) is 11.6 Å². The van der Waals surface area contributed by atoms with Crippen LogP contribution in [0, 0.1) is 10.1 Å². The first-order valence-corrected chi connectivity index (χ1v) is 10.6. The average molecular weight is 431 g/mol. The number of hydrogen-bond donors (Lipinski definition) is 2. The fourth-order valence-corrected chi connectivity index (χ4v) is 4.83.